The Morgan fingerprint density at radius 2 is 1.79 bits per heavy atom. The fourth-order valence-electron chi connectivity index (χ4n) is 1.34. The number of nitrogens with one attached hydrogen (secondary N) is 2. The van der Waals surface area contributed by atoms with Crippen molar-refractivity contribution in [3.63, 3.8) is 0 Å². The van der Waals surface area contributed by atoms with Gasteiger partial charge in [-0.2, -0.15) is 0 Å². The maximum absolute atomic E-state index is 11.5. The summed E-state index contributed by atoms with van der Waals surface area (Å²) in [7, 11) is -1.08. The average molecular weight is 294 g/mol. The topological polar surface area (TPSA) is 133 Å². The summed E-state index contributed by atoms with van der Waals surface area (Å²) in [6.07, 6.45) is 0.931. The molecule has 2 amide bonds. The SMILES string of the molecule is CC(CS(C)=O)NC(=O)N[C@@H](CCC(=O)O)C(=O)O. The van der Waals surface area contributed by atoms with Gasteiger partial charge in [0.25, 0.3) is 0 Å². The van der Waals surface area contributed by atoms with E-state index in [0.717, 1.165) is 0 Å². The zero-order chi connectivity index (χ0) is 15.0. The smallest absolute Gasteiger partial charge is 0.326 e. The minimum absolute atomic E-state index is 0.202. The molecule has 4 N–H and O–H groups in total. The zero-order valence-corrected chi connectivity index (χ0v) is 11.5. The fraction of sp³-hybridized carbons (Fsp3) is 0.700. The molecule has 0 radical (unpaired) electrons. The second-order valence-corrected chi connectivity index (χ2v) is 5.56. The van der Waals surface area contributed by atoms with Crippen molar-refractivity contribution in [2.75, 3.05) is 12.0 Å². The monoisotopic (exact) mass is 294 g/mol. The summed E-state index contributed by atoms with van der Waals surface area (Å²) < 4.78 is 10.9. The highest BCUT2D eigenvalue weighted by molar-refractivity contribution is 7.84. The average Bonchev–Trinajstić information content (AvgIpc) is 2.21. The summed E-state index contributed by atoms with van der Waals surface area (Å²) in [6, 6.07) is -2.37. The van der Waals surface area contributed by atoms with Crippen molar-refractivity contribution >= 4 is 28.8 Å². The van der Waals surface area contributed by atoms with Crippen LogP contribution in [0.15, 0.2) is 0 Å². The molecule has 110 valence electrons. The van der Waals surface area contributed by atoms with Gasteiger partial charge in [-0.1, -0.05) is 0 Å². The third-order valence-electron chi connectivity index (χ3n) is 2.11. The maximum atomic E-state index is 11.5. The number of rotatable bonds is 8. The largest absolute Gasteiger partial charge is 0.481 e. The van der Waals surface area contributed by atoms with Gasteiger partial charge in [-0.3, -0.25) is 9.00 Å². The molecule has 0 aliphatic rings. The number of aliphatic carboxylic acids is 2. The lowest BCUT2D eigenvalue weighted by molar-refractivity contribution is -0.140. The van der Waals surface area contributed by atoms with Crippen molar-refractivity contribution in [1.82, 2.24) is 10.6 Å². The molecule has 0 fully saturated rings. The van der Waals surface area contributed by atoms with E-state index in [1.165, 1.54) is 6.26 Å². The second-order valence-electron chi connectivity index (χ2n) is 4.08. The lowest BCUT2D eigenvalue weighted by atomic mass is 10.1. The Balaban J connectivity index is 4.27. The molecular formula is C10H18N2O6S. The van der Waals surface area contributed by atoms with Crippen LogP contribution in [0.4, 0.5) is 4.79 Å². The van der Waals surface area contributed by atoms with E-state index in [9.17, 15) is 18.6 Å². The highest BCUT2D eigenvalue weighted by atomic mass is 32.2. The molecule has 0 aliphatic carbocycles. The van der Waals surface area contributed by atoms with E-state index in [4.69, 9.17) is 10.2 Å². The molecule has 3 atom stereocenters. The predicted molar refractivity (Wildman–Crippen MR) is 68.4 cm³/mol. The number of carbonyl (C=O) groups excluding carboxylic acids is 1. The van der Waals surface area contributed by atoms with Gasteiger partial charge in [-0.05, 0) is 13.3 Å². The summed E-state index contributed by atoms with van der Waals surface area (Å²) in [5.41, 5.74) is 0. The van der Waals surface area contributed by atoms with Gasteiger partial charge in [-0.15, -0.1) is 0 Å². The Kier molecular flexibility index (Phi) is 7.73. The zero-order valence-electron chi connectivity index (χ0n) is 10.7. The van der Waals surface area contributed by atoms with Crippen molar-refractivity contribution in [2.24, 2.45) is 0 Å². The van der Waals surface area contributed by atoms with Crippen LogP contribution >= 0.6 is 0 Å². The molecule has 0 saturated heterocycles. The number of carboxylic acid groups (broad SMARTS) is 2. The minimum atomic E-state index is -1.30. The first kappa shape index (κ1) is 17.4. The lowest BCUT2D eigenvalue weighted by Gasteiger charge is -2.17. The predicted octanol–water partition coefficient (Wildman–Crippen LogP) is -0.629. The van der Waals surface area contributed by atoms with Gasteiger partial charge in [-0.25, -0.2) is 9.59 Å². The van der Waals surface area contributed by atoms with Gasteiger partial charge in [0.2, 0.25) is 0 Å². The summed E-state index contributed by atoms with van der Waals surface area (Å²) in [5.74, 6) is -2.19. The molecule has 0 spiro atoms. The third kappa shape index (κ3) is 9.00. The van der Waals surface area contributed by atoms with Crippen LogP contribution in [-0.4, -0.2) is 56.5 Å². The van der Waals surface area contributed by atoms with Gasteiger partial charge in [0.15, 0.2) is 0 Å². The summed E-state index contributed by atoms with van der Waals surface area (Å²) >= 11 is 0. The summed E-state index contributed by atoms with van der Waals surface area (Å²) in [5, 5.41) is 21.9. The quantitative estimate of drug-likeness (QED) is 0.471. The number of carboxylic acids is 2. The highest BCUT2D eigenvalue weighted by Gasteiger charge is 2.21. The molecule has 2 unspecified atom stereocenters. The Bertz CT molecular complexity index is 373. The Morgan fingerprint density at radius 1 is 1.21 bits per heavy atom. The number of hydrogen-bond donors (Lipinski definition) is 4. The van der Waals surface area contributed by atoms with E-state index in [-0.39, 0.29) is 24.6 Å². The number of carbonyl (C=O) groups is 3. The summed E-state index contributed by atoms with van der Waals surface area (Å²) in [4.78, 5) is 32.6. The van der Waals surface area contributed by atoms with Gasteiger partial charge in [0, 0.05) is 35.3 Å². The highest BCUT2D eigenvalue weighted by Crippen LogP contribution is 1.98. The fourth-order valence-corrected chi connectivity index (χ4v) is 2.13. The van der Waals surface area contributed by atoms with Crippen molar-refractivity contribution in [3.8, 4) is 0 Å². The van der Waals surface area contributed by atoms with Crippen LogP contribution in [-0.2, 0) is 20.4 Å². The molecule has 0 rings (SSSR count). The van der Waals surface area contributed by atoms with E-state index >= 15 is 0 Å². The molecule has 8 nitrogen and oxygen atoms in total. The minimum Gasteiger partial charge on any atom is -0.481 e. The van der Waals surface area contributed by atoms with Crippen molar-refractivity contribution < 1.29 is 28.8 Å². The van der Waals surface area contributed by atoms with Gasteiger partial charge < -0.3 is 20.8 Å². The van der Waals surface area contributed by atoms with Gasteiger partial charge in [0.1, 0.15) is 6.04 Å². The third-order valence-corrected chi connectivity index (χ3v) is 3.08. The van der Waals surface area contributed by atoms with Crippen LogP contribution in [0.2, 0.25) is 0 Å². The molecule has 9 heteroatoms. The van der Waals surface area contributed by atoms with Crippen LogP contribution in [0.25, 0.3) is 0 Å². The van der Waals surface area contributed by atoms with Gasteiger partial charge >= 0.3 is 18.0 Å². The molecule has 0 heterocycles. The first-order valence-electron chi connectivity index (χ1n) is 5.54. The van der Waals surface area contributed by atoms with E-state index < -0.39 is 34.8 Å². The Morgan fingerprint density at radius 3 is 2.21 bits per heavy atom. The first-order chi connectivity index (χ1) is 8.72. The first-order valence-corrected chi connectivity index (χ1v) is 7.26. The van der Waals surface area contributed by atoms with Crippen molar-refractivity contribution in [2.45, 2.75) is 31.8 Å². The number of urea groups is 1. The van der Waals surface area contributed by atoms with Crippen molar-refractivity contribution in [3.05, 3.63) is 0 Å². The van der Waals surface area contributed by atoms with Crippen LogP contribution in [0, 0.1) is 0 Å². The molecule has 19 heavy (non-hydrogen) atoms. The van der Waals surface area contributed by atoms with E-state index in [1.54, 1.807) is 6.92 Å². The van der Waals surface area contributed by atoms with Crippen LogP contribution < -0.4 is 10.6 Å². The molecule has 0 aliphatic heterocycles. The van der Waals surface area contributed by atoms with Crippen LogP contribution in [0.3, 0.4) is 0 Å². The summed E-state index contributed by atoms with van der Waals surface area (Å²) in [6.45, 7) is 1.63. The van der Waals surface area contributed by atoms with Crippen molar-refractivity contribution in [1.29, 1.82) is 0 Å². The Hall–Kier alpha value is -1.64. The molecule has 0 bridgehead atoms. The normalized spacial score (nSPS) is 15.1. The maximum Gasteiger partial charge on any atom is 0.326 e. The molecular weight excluding hydrogens is 276 g/mol. The molecule has 0 aromatic rings. The lowest BCUT2D eigenvalue weighted by Crippen LogP contribution is -2.49. The van der Waals surface area contributed by atoms with Gasteiger partial charge in [0.05, 0.1) is 0 Å². The number of amides is 2. The molecule has 0 saturated carbocycles. The van der Waals surface area contributed by atoms with Crippen LogP contribution in [0.1, 0.15) is 19.8 Å². The van der Waals surface area contributed by atoms with E-state index in [2.05, 4.69) is 10.6 Å². The Labute approximate surface area is 113 Å². The second kappa shape index (κ2) is 8.46. The molecule has 0 aromatic carbocycles. The van der Waals surface area contributed by atoms with Crippen LogP contribution in [0.5, 0.6) is 0 Å². The van der Waals surface area contributed by atoms with E-state index in [1.807, 2.05) is 0 Å². The van der Waals surface area contributed by atoms with E-state index in [0.29, 0.717) is 0 Å². The molecule has 0 aromatic heterocycles. The number of hydrogen-bond acceptors (Lipinski definition) is 4. The standard InChI is InChI=1S/C10H18N2O6S/c1-6(5-19(2)18)11-10(17)12-7(9(15)16)3-4-8(13)14/h6-7H,3-5H2,1-2H3,(H,13,14)(H,15,16)(H2,11,12,17)/t6?,7-,19?/m0/s1.